The molecule has 0 saturated carbocycles. The molecule has 2 heterocycles. The van der Waals surface area contributed by atoms with Crippen molar-refractivity contribution in [2.75, 3.05) is 5.32 Å². The van der Waals surface area contributed by atoms with Gasteiger partial charge in [-0.15, -0.1) is 0 Å². The highest BCUT2D eigenvalue weighted by Crippen LogP contribution is 2.21. The Morgan fingerprint density at radius 1 is 1.19 bits per heavy atom. The van der Waals surface area contributed by atoms with Gasteiger partial charge in [0.25, 0.3) is 0 Å². The quantitative estimate of drug-likeness (QED) is 0.698. The molecule has 0 aliphatic carbocycles. The molecule has 2 aromatic heterocycles. The van der Waals surface area contributed by atoms with E-state index in [1.807, 2.05) is 19.1 Å². The average molecular weight is 371 g/mol. The Balaban J connectivity index is 1.73. The Bertz CT molecular complexity index is 943. The predicted molar refractivity (Wildman–Crippen MR) is 97.8 cm³/mol. The van der Waals surface area contributed by atoms with Crippen LogP contribution < -0.4 is 11.1 Å². The maximum atomic E-state index is 13.3. The number of benzene rings is 1. The largest absolute Gasteiger partial charge is 0.320 e. The van der Waals surface area contributed by atoms with Crippen molar-refractivity contribution in [3.05, 3.63) is 66.0 Å². The van der Waals surface area contributed by atoms with E-state index in [9.17, 15) is 13.6 Å². The van der Waals surface area contributed by atoms with Gasteiger partial charge in [0.2, 0.25) is 5.91 Å². The van der Waals surface area contributed by atoms with Crippen molar-refractivity contribution in [1.29, 1.82) is 0 Å². The smallest absolute Gasteiger partial charge is 0.242 e. The molecule has 1 unspecified atom stereocenters. The predicted octanol–water partition coefficient (Wildman–Crippen LogP) is 2.75. The van der Waals surface area contributed by atoms with Gasteiger partial charge < -0.3 is 11.1 Å². The second-order valence-corrected chi connectivity index (χ2v) is 6.01. The summed E-state index contributed by atoms with van der Waals surface area (Å²) >= 11 is 0. The van der Waals surface area contributed by atoms with Crippen LogP contribution in [-0.2, 0) is 17.8 Å². The highest BCUT2D eigenvalue weighted by atomic mass is 19.2. The lowest BCUT2D eigenvalue weighted by Gasteiger charge is -2.13. The first-order chi connectivity index (χ1) is 13.0. The topological polar surface area (TPSA) is 85.8 Å². The molecule has 0 aliphatic rings. The lowest BCUT2D eigenvalue weighted by molar-refractivity contribution is -0.117. The molecule has 140 valence electrons. The van der Waals surface area contributed by atoms with Crippen molar-refractivity contribution in [2.45, 2.75) is 25.9 Å². The van der Waals surface area contributed by atoms with Crippen LogP contribution in [0.25, 0.3) is 11.3 Å². The maximum absolute atomic E-state index is 13.3. The number of nitrogens with two attached hydrogens (primary N) is 1. The van der Waals surface area contributed by atoms with Crippen molar-refractivity contribution in [2.24, 2.45) is 5.73 Å². The Labute approximate surface area is 155 Å². The average Bonchev–Trinajstić information content (AvgIpc) is 3.08. The van der Waals surface area contributed by atoms with Gasteiger partial charge >= 0.3 is 0 Å². The zero-order valence-electron chi connectivity index (χ0n) is 14.7. The third-order valence-electron chi connectivity index (χ3n) is 4.08. The van der Waals surface area contributed by atoms with Crippen LogP contribution in [0.3, 0.4) is 0 Å². The lowest BCUT2D eigenvalue weighted by atomic mass is 10.1. The van der Waals surface area contributed by atoms with Gasteiger partial charge in [-0.05, 0) is 43.2 Å². The van der Waals surface area contributed by atoms with E-state index < -0.39 is 23.6 Å². The van der Waals surface area contributed by atoms with Gasteiger partial charge in [0.05, 0.1) is 11.7 Å². The fourth-order valence-electron chi connectivity index (χ4n) is 2.65. The minimum atomic E-state index is -0.967. The number of anilines is 1. The SMILES string of the molecule is CCn1nc(-c2ccncc2)cc1NC(=O)C(N)Cc1ccc(F)c(F)c1. The molecule has 0 saturated heterocycles. The van der Waals surface area contributed by atoms with Crippen molar-refractivity contribution >= 4 is 11.7 Å². The van der Waals surface area contributed by atoms with Crippen LogP contribution in [0.2, 0.25) is 0 Å². The molecule has 6 nitrogen and oxygen atoms in total. The van der Waals surface area contributed by atoms with E-state index in [1.165, 1.54) is 6.07 Å². The summed E-state index contributed by atoms with van der Waals surface area (Å²) in [6.45, 7) is 2.46. The van der Waals surface area contributed by atoms with Crippen molar-refractivity contribution in [3.8, 4) is 11.3 Å². The molecule has 3 rings (SSSR count). The summed E-state index contributed by atoms with van der Waals surface area (Å²) in [5.74, 6) is -1.83. The molecular formula is C19H19F2N5O. The Morgan fingerprint density at radius 3 is 2.59 bits per heavy atom. The maximum Gasteiger partial charge on any atom is 0.242 e. The van der Waals surface area contributed by atoms with Crippen LogP contribution in [-0.4, -0.2) is 26.7 Å². The highest BCUT2D eigenvalue weighted by molar-refractivity contribution is 5.94. The number of aromatic nitrogens is 3. The van der Waals surface area contributed by atoms with Crippen molar-refractivity contribution in [3.63, 3.8) is 0 Å². The molecule has 8 heteroatoms. The fourth-order valence-corrected chi connectivity index (χ4v) is 2.65. The minimum absolute atomic E-state index is 0.0838. The normalized spacial score (nSPS) is 12.0. The van der Waals surface area contributed by atoms with Gasteiger partial charge in [-0.25, -0.2) is 13.5 Å². The van der Waals surface area contributed by atoms with E-state index in [0.717, 1.165) is 17.7 Å². The third kappa shape index (κ3) is 4.35. The van der Waals surface area contributed by atoms with Gasteiger partial charge in [0.1, 0.15) is 5.82 Å². The first-order valence-electron chi connectivity index (χ1n) is 8.46. The Kier molecular flexibility index (Phi) is 5.56. The van der Waals surface area contributed by atoms with Crippen LogP contribution in [0.4, 0.5) is 14.6 Å². The highest BCUT2D eigenvalue weighted by Gasteiger charge is 2.18. The third-order valence-corrected chi connectivity index (χ3v) is 4.08. The van der Waals surface area contributed by atoms with E-state index in [4.69, 9.17) is 5.73 Å². The number of pyridine rings is 1. The van der Waals surface area contributed by atoms with Crippen LogP contribution in [0.5, 0.6) is 0 Å². The van der Waals surface area contributed by atoms with E-state index in [1.54, 1.807) is 23.1 Å². The van der Waals surface area contributed by atoms with Crippen LogP contribution >= 0.6 is 0 Å². The summed E-state index contributed by atoms with van der Waals surface area (Å²) in [5.41, 5.74) is 7.94. The first-order valence-corrected chi connectivity index (χ1v) is 8.46. The molecule has 3 aromatic rings. The molecule has 1 amide bonds. The Morgan fingerprint density at radius 2 is 1.93 bits per heavy atom. The number of hydrogen-bond acceptors (Lipinski definition) is 4. The molecule has 1 aromatic carbocycles. The standard InChI is InChI=1S/C19H19F2N5O/c1-2-26-18(11-17(25-26)13-5-7-23-8-6-13)24-19(27)16(22)10-12-3-4-14(20)15(21)9-12/h3-9,11,16H,2,10,22H2,1H3,(H,24,27). The van der Waals surface area contributed by atoms with Crippen molar-refractivity contribution < 1.29 is 13.6 Å². The van der Waals surface area contributed by atoms with E-state index in [0.29, 0.717) is 23.6 Å². The van der Waals surface area contributed by atoms with Gasteiger partial charge in [0.15, 0.2) is 11.6 Å². The fraction of sp³-hybridized carbons (Fsp3) is 0.211. The molecule has 0 bridgehead atoms. The number of carbonyl (C=O) groups is 1. The number of halogens is 2. The molecular weight excluding hydrogens is 352 g/mol. The zero-order chi connectivity index (χ0) is 19.4. The summed E-state index contributed by atoms with van der Waals surface area (Å²) < 4.78 is 28.0. The van der Waals surface area contributed by atoms with E-state index >= 15 is 0 Å². The summed E-state index contributed by atoms with van der Waals surface area (Å²) in [6.07, 6.45) is 3.41. The molecule has 1 atom stereocenters. The summed E-state index contributed by atoms with van der Waals surface area (Å²) in [6, 6.07) is 7.94. The number of carbonyl (C=O) groups excluding carboxylic acids is 1. The molecule has 0 radical (unpaired) electrons. The number of nitrogens with one attached hydrogen (secondary N) is 1. The summed E-state index contributed by atoms with van der Waals surface area (Å²) in [4.78, 5) is 16.4. The summed E-state index contributed by atoms with van der Waals surface area (Å²) in [5, 5.41) is 7.21. The minimum Gasteiger partial charge on any atom is -0.320 e. The number of nitrogens with zero attached hydrogens (tertiary/aromatic N) is 3. The van der Waals surface area contributed by atoms with Crippen molar-refractivity contribution in [1.82, 2.24) is 14.8 Å². The number of amides is 1. The zero-order valence-corrected chi connectivity index (χ0v) is 14.7. The molecule has 0 aliphatic heterocycles. The van der Waals surface area contributed by atoms with Gasteiger partial charge in [-0.3, -0.25) is 9.78 Å². The van der Waals surface area contributed by atoms with Crippen LogP contribution in [0.1, 0.15) is 12.5 Å². The monoisotopic (exact) mass is 371 g/mol. The number of aryl methyl sites for hydroxylation is 1. The van der Waals surface area contributed by atoms with Crippen LogP contribution in [0, 0.1) is 11.6 Å². The molecule has 0 fully saturated rings. The summed E-state index contributed by atoms with van der Waals surface area (Å²) in [7, 11) is 0. The van der Waals surface area contributed by atoms with Gasteiger partial charge in [-0.1, -0.05) is 6.07 Å². The van der Waals surface area contributed by atoms with Gasteiger partial charge in [-0.2, -0.15) is 5.10 Å². The van der Waals surface area contributed by atoms with Gasteiger partial charge in [0, 0.05) is 30.6 Å². The molecule has 0 spiro atoms. The van der Waals surface area contributed by atoms with Crippen LogP contribution in [0.15, 0.2) is 48.8 Å². The van der Waals surface area contributed by atoms with E-state index in [-0.39, 0.29) is 6.42 Å². The second-order valence-electron chi connectivity index (χ2n) is 6.01. The number of rotatable bonds is 6. The molecule has 27 heavy (non-hydrogen) atoms. The number of hydrogen-bond donors (Lipinski definition) is 2. The van der Waals surface area contributed by atoms with E-state index in [2.05, 4.69) is 15.4 Å². The Hall–Kier alpha value is -3.13. The first kappa shape index (κ1) is 18.7. The second kappa shape index (κ2) is 8.05. The lowest BCUT2D eigenvalue weighted by Crippen LogP contribution is -2.38. The molecule has 3 N–H and O–H groups in total.